The van der Waals surface area contributed by atoms with E-state index in [0.29, 0.717) is 5.82 Å². The summed E-state index contributed by atoms with van der Waals surface area (Å²) in [6.07, 6.45) is 8.22. The Morgan fingerprint density at radius 3 is 2.05 bits per heavy atom. The van der Waals surface area contributed by atoms with E-state index in [-0.39, 0.29) is 5.41 Å². The molecule has 19 heavy (non-hydrogen) atoms. The Morgan fingerprint density at radius 1 is 1.05 bits per heavy atom. The highest BCUT2D eigenvalue weighted by Gasteiger charge is 2.53. The number of rotatable bonds is 1. The Balaban J connectivity index is 1.79. The van der Waals surface area contributed by atoms with Gasteiger partial charge in [-0.3, -0.25) is 0 Å². The molecular weight excluding hydrogens is 302 g/mol. The van der Waals surface area contributed by atoms with Crippen LogP contribution in [0.2, 0.25) is 0 Å². The number of hydrogen-bond acceptors (Lipinski definition) is 3. The first-order chi connectivity index (χ1) is 9.06. The third-order valence-corrected chi connectivity index (χ3v) is 6.54. The van der Waals surface area contributed by atoms with Crippen LogP contribution in [0.25, 0.3) is 0 Å². The summed E-state index contributed by atoms with van der Waals surface area (Å²) in [5.74, 6) is 4.39. The molecule has 1 heterocycles. The lowest BCUT2D eigenvalue weighted by molar-refractivity contribution is -0.00941. The average Bonchev–Trinajstić information content (AvgIpc) is 2.33. The summed E-state index contributed by atoms with van der Waals surface area (Å²) in [4.78, 5) is 9.43. The van der Waals surface area contributed by atoms with Crippen LogP contribution in [0.4, 0.5) is 5.82 Å². The molecule has 0 atom stereocenters. The van der Waals surface area contributed by atoms with E-state index in [1.165, 1.54) is 38.5 Å². The second-order valence-corrected chi connectivity index (χ2v) is 7.82. The minimum absolute atomic E-state index is 0.244. The van der Waals surface area contributed by atoms with Gasteiger partial charge in [-0.1, -0.05) is 0 Å². The highest BCUT2D eigenvalue weighted by molar-refractivity contribution is 9.10. The molecule has 4 bridgehead atoms. The number of anilines is 1. The van der Waals surface area contributed by atoms with Gasteiger partial charge in [0.25, 0.3) is 0 Å². The minimum Gasteiger partial charge on any atom is -0.383 e. The van der Waals surface area contributed by atoms with Gasteiger partial charge >= 0.3 is 0 Å². The van der Waals surface area contributed by atoms with E-state index in [9.17, 15) is 0 Å². The maximum absolute atomic E-state index is 6.04. The maximum Gasteiger partial charge on any atom is 0.141 e. The molecule has 0 aliphatic heterocycles. The van der Waals surface area contributed by atoms with Crippen molar-refractivity contribution in [1.29, 1.82) is 0 Å². The van der Waals surface area contributed by atoms with Crippen molar-refractivity contribution in [3.8, 4) is 0 Å². The summed E-state index contributed by atoms with van der Waals surface area (Å²) in [6.45, 7) is 2.02. The molecule has 3 nitrogen and oxygen atoms in total. The molecule has 4 heteroatoms. The third-order valence-electron chi connectivity index (χ3n) is 5.56. The second-order valence-electron chi connectivity index (χ2n) is 7.03. The van der Waals surface area contributed by atoms with E-state index in [1.807, 2.05) is 6.92 Å². The topological polar surface area (TPSA) is 51.8 Å². The van der Waals surface area contributed by atoms with Crippen LogP contribution in [0.1, 0.15) is 50.0 Å². The van der Waals surface area contributed by atoms with Crippen LogP contribution in [0, 0.1) is 24.7 Å². The molecule has 102 valence electrons. The van der Waals surface area contributed by atoms with Crippen molar-refractivity contribution < 1.29 is 0 Å². The molecule has 0 saturated heterocycles. The Hall–Kier alpha value is -0.640. The molecule has 1 aromatic rings. The summed E-state index contributed by atoms with van der Waals surface area (Å²) < 4.78 is 0.862. The maximum atomic E-state index is 6.04. The molecule has 4 aliphatic carbocycles. The summed E-state index contributed by atoms with van der Waals surface area (Å²) in [7, 11) is 0. The summed E-state index contributed by atoms with van der Waals surface area (Å²) >= 11 is 3.47. The van der Waals surface area contributed by atoms with Crippen molar-refractivity contribution in [2.24, 2.45) is 17.8 Å². The molecule has 4 fully saturated rings. The third kappa shape index (κ3) is 1.75. The molecule has 4 aliphatic rings. The van der Waals surface area contributed by atoms with E-state index in [4.69, 9.17) is 10.7 Å². The zero-order valence-electron chi connectivity index (χ0n) is 11.3. The first kappa shape index (κ1) is 12.1. The molecule has 5 rings (SSSR count). The van der Waals surface area contributed by atoms with Gasteiger partial charge in [0.1, 0.15) is 11.6 Å². The molecule has 0 amide bonds. The van der Waals surface area contributed by atoms with Gasteiger partial charge in [-0.05, 0) is 79.1 Å². The largest absolute Gasteiger partial charge is 0.383 e. The van der Waals surface area contributed by atoms with Crippen molar-refractivity contribution >= 4 is 21.7 Å². The standard InChI is InChI=1S/C15H20BrN3/c1-8-12(16)13(17)19-14(18-8)15-5-9-2-10(6-15)4-11(3-9)7-15/h9-11H,2-7H2,1H3,(H2,17,18,19). The van der Waals surface area contributed by atoms with Crippen LogP contribution in [0.3, 0.4) is 0 Å². The fourth-order valence-corrected chi connectivity index (χ4v) is 5.38. The van der Waals surface area contributed by atoms with Gasteiger partial charge in [0, 0.05) is 5.41 Å². The van der Waals surface area contributed by atoms with Crippen molar-refractivity contribution in [3.05, 3.63) is 16.0 Å². The molecular formula is C15H20BrN3. The monoisotopic (exact) mass is 321 g/mol. The Morgan fingerprint density at radius 2 is 1.58 bits per heavy atom. The van der Waals surface area contributed by atoms with Gasteiger partial charge in [-0.15, -0.1) is 0 Å². The number of nitrogen functional groups attached to an aromatic ring is 1. The van der Waals surface area contributed by atoms with E-state index >= 15 is 0 Å². The number of nitrogens with zero attached hydrogens (tertiary/aromatic N) is 2. The Kier molecular flexibility index (Phi) is 2.51. The van der Waals surface area contributed by atoms with Gasteiger partial charge in [0.05, 0.1) is 10.2 Å². The molecule has 0 radical (unpaired) electrons. The highest BCUT2D eigenvalue weighted by atomic mass is 79.9. The molecule has 1 aromatic heterocycles. The Labute approximate surface area is 122 Å². The summed E-state index contributed by atoms with van der Waals surface area (Å²) in [6, 6.07) is 0. The highest BCUT2D eigenvalue weighted by Crippen LogP contribution is 2.60. The van der Waals surface area contributed by atoms with E-state index < -0.39 is 0 Å². The lowest BCUT2D eigenvalue weighted by Gasteiger charge is -2.56. The fraction of sp³-hybridized carbons (Fsp3) is 0.733. The SMILES string of the molecule is Cc1nc(C23CC4CC(CC(C4)C2)C3)nc(N)c1Br. The van der Waals surface area contributed by atoms with Crippen molar-refractivity contribution in [2.75, 3.05) is 5.73 Å². The lowest BCUT2D eigenvalue weighted by Crippen LogP contribution is -2.49. The van der Waals surface area contributed by atoms with Gasteiger partial charge in [0.2, 0.25) is 0 Å². The molecule has 0 aromatic carbocycles. The summed E-state index contributed by atoms with van der Waals surface area (Å²) in [5, 5.41) is 0. The fourth-order valence-electron chi connectivity index (χ4n) is 5.20. The number of hydrogen-bond donors (Lipinski definition) is 1. The predicted molar refractivity (Wildman–Crippen MR) is 78.7 cm³/mol. The van der Waals surface area contributed by atoms with Crippen molar-refractivity contribution in [1.82, 2.24) is 9.97 Å². The first-order valence-corrected chi connectivity index (χ1v) is 8.15. The lowest BCUT2D eigenvalue weighted by atomic mass is 9.49. The van der Waals surface area contributed by atoms with Crippen LogP contribution in [-0.2, 0) is 5.41 Å². The quantitative estimate of drug-likeness (QED) is 0.859. The van der Waals surface area contributed by atoms with E-state index in [2.05, 4.69) is 20.9 Å². The first-order valence-electron chi connectivity index (χ1n) is 7.36. The van der Waals surface area contributed by atoms with Gasteiger partial charge in [-0.2, -0.15) is 0 Å². The zero-order valence-corrected chi connectivity index (χ0v) is 12.9. The number of aryl methyl sites for hydroxylation is 1. The predicted octanol–water partition coefficient (Wildman–Crippen LogP) is 3.60. The minimum atomic E-state index is 0.244. The van der Waals surface area contributed by atoms with Crippen LogP contribution in [0.5, 0.6) is 0 Å². The number of aromatic nitrogens is 2. The molecule has 0 spiro atoms. The van der Waals surface area contributed by atoms with E-state index in [1.54, 1.807) is 0 Å². The van der Waals surface area contributed by atoms with Crippen LogP contribution < -0.4 is 5.73 Å². The molecule has 4 saturated carbocycles. The molecule has 2 N–H and O–H groups in total. The summed E-state index contributed by atoms with van der Waals surface area (Å²) in [5.41, 5.74) is 7.27. The second kappa shape index (κ2) is 3.94. The molecule has 0 unspecified atom stereocenters. The normalized spacial score (nSPS) is 39.8. The van der Waals surface area contributed by atoms with Gasteiger partial charge in [-0.25, -0.2) is 9.97 Å². The number of halogens is 1. The van der Waals surface area contributed by atoms with Crippen LogP contribution in [0.15, 0.2) is 4.47 Å². The van der Waals surface area contributed by atoms with Gasteiger partial charge in [0.15, 0.2) is 0 Å². The Bertz CT molecular complexity index is 482. The van der Waals surface area contributed by atoms with Crippen LogP contribution in [-0.4, -0.2) is 9.97 Å². The van der Waals surface area contributed by atoms with Crippen molar-refractivity contribution in [2.45, 2.75) is 50.9 Å². The van der Waals surface area contributed by atoms with Gasteiger partial charge < -0.3 is 5.73 Å². The zero-order chi connectivity index (χ0) is 13.2. The number of nitrogens with two attached hydrogens (primary N) is 1. The smallest absolute Gasteiger partial charge is 0.141 e. The van der Waals surface area contributed by atoms with Crippen molar-refractivity contribution in [3.63, 3.8) is 0 Å². The van der Waals surface area contributed by atoms with E-state index in [0.717, 1.165) is 33.7 Å². The average molecular weight is 322 g/mol. The van der Waals surface area contributed by atoms with Crippen LogP contribution >= 0.6 is 15.9 Å².